The Bertz CT molecular complexity index is 923. The molecule has 0 spiro atoms. The first kappa shape index (κ1) is 20.4. The van der Waals surface area contributed by atoms with Gasteiger partial charge in [0.25, 0.3) is 15.9 Å². The lowest BCUT2D eigenvalue weighted by molar-refractivity contribution is 0.0600. The molecule has 0 aliphatic rings. The fraction of sp³-hybridized carbons (Fsp3) is 0.263. The SMILES string of the molecule is CC[C@@H](C)NC(=O)c1ccccc1NS(=O)(=O)c1ccc(C(=O)OC)cc1. The Morgan fingerprint density at radius 3 is 2.30 bits per heavy atom. The van der Waals surface area contributed by atoms with E-state index in [-0.39, 0.29) is 33.7 Å². The van der Waals surface area contributed by atoms with Crippen molar-refractivity contribution in [2.75, 3.05) is 11.8 Å². The van der Waals surface area contributed by atoms with Gasteiger partial charge in [-0.1, -0.05) is 19.1 Å². The zero-order chi connectivity index (χ0) is 20.0. The molecule has 1 atom stereocenters. The second-order valence-corrected chi connectivity index (χ2v) is 7.63. The largest absolute Gasteiger partial charge is 0.465 e. The summed E-state index contributed by atoms with van der Waals surface area (Å²) < 4.78 is 32.3. The maximum Gasteiger partial charge on any atom is 0.337 e. The number of nitrogens with one attached hydrogen (secondary N) is 2. The number of esters is 1. The van der Waals surface area contributed by atoms with Crippen molar-refractivity contribution in [3.05, 3.63) is 59.7 Å². The van der Waals surface area contributed by atoms with Gasteiger partial charge in [-0.25, -0.2) is 13.2 Å². The number of hydrogen-bond donors (Lipinski definition) is 2. The Hall–Kier alpha value is -2.87. The molecule has 0 bridgehead atoms. The maximum atomic E-state index is 12.6. The molecule has 2 aromatic carbocycles. The summed E-state index contributed by atoms with van der Waals surface area (Å²) in [4.78, 5) is 23.8. The van der Waals surface area contributed by atoms with Gasteiger partial charge >= 0.3 is 5.97 Å². The predicted octanol–water partition coefficient (Wildman–Crippen LogP) is 2.80. The molecule has 0 unspecified atom stereocenters. The first-order chi connectivity index (χ1) is 12.8. The minimum Gasteiger partial charge on any atom is -0.465 e. The van der Waals surface area contributed by atoms with Crippen LogP contribution in [0.1, 0.15) is 41.0 Å². The van der Waals surface area contributed by atoms with Crippen LogP contribution in [0.3, 0.4) is 0 Å². The molecule has 0 radical (unpaired) electrons. The van der Waals surface area contributed by atoms with Gasteiger partial charge < -0.3 is 10.1 Å². The third kappa shape index (κ3) is 5.07. The van der Waals surface area contributed by atoms with Crippen LogP contribution in [-0.2, 0) is 14.8 Å². The number of anilines is 1. The van der Waals surface area contributed by atoms with Crippen LogP contribution in [0.2, 0.25) is 0 Å². The minimum atomic E-state index is -3.93. The minimum absolute atomic E-state index is 0.0342. The molecule has 7 nitrogen and oxygen atoms in total. The van der Waals surface area contributed by atoms with E-state index in [9.17, 15) is 18.0 Å². The van der Waals surface area contributed by atoms with Crippen molar-refractivity contribution in [1.29, 1.82) is 0 Å². The van der Waals surface area contributed by atoms with Gasteiger partial charge in [0.1, 0.15) is 0 Å². The van der Waals surface area contributed by atoms with Crippen molar-refractivity contribution in [3.63, 3.8) is 0 Å². The van der Waals surface area contributed by atoms with Gasteiger partial charge in [0.15, 0.2) is 0 Å². The summed E-state index contributed by atoms with van der Waals surface area (Å²) in [5.41, 5.74) is 0.646. The molecule has 0 heterocycles. The number of rotatable bonds is 7. The van der Waals surface area contributed by atoms with E-state index in [2.05, 4.69) is 14.8 Å². The maximum absolute atomic E-state index is 12.6. The smallest absolute Gasteiger partial charge is 0.337 e. The molecule has 0 saturated heterocycles. The van der Waals surface area contributed by atoms with Crippen LogP contribution in [0, 0.1) is 0 Å². The summed E-state index contributed by atoms with van der Waals surface area (Å²) >= 11 is 0. The predicted molar refractivity (Wildman–Crippen MR) is 102 cm³/mol. The van der Waals surface area contributed by atoms with Crippen LogP contribution in [0.15, 0.2) is 53.4 Å². The van der Waals surface area contributed by atoms with Crippen LogP contribution in [-0.4, -0.2) is 33.4 Å². The summed E-state index contributed by atoms with van der Waals surface area (Å²) in [6.45, 7) is 3.81. The molecule has 0 saturated carbocycles. The van der Waals surface area contributed by atoms with Gasteiger partial charge in [-0.2, -0.15) is 0 Å². The number of carbonyl (C=O) groups is 2. The van der Waals surface area contributed by atoms with Gasteiger partial charge in [-0.15, -0.1) is 0 Å². The van der Waals surface area contributed by atoms with E-state index in [0.717, 1.165) is 6.42 Å². The molecule has 0 fully saturated rings. The summed E-state index contributed by atoms with van der Waals surface area (Å²) in [7, 11) is -2.69. The molecule has 144 valence electrons. The Morgan fingerprint density at radius 1 is 1.07 bits per heavy atom. The van der Waals surface area contributed by atoms with E-state index in [1.807, 2.05) is 13.8 Å². The number of hydrogen-bond acceptors (Lipinski definition) is 5. The van der Waals surface area contributed by atoms with Gasteiger partial charge in [0, 0.05) is 6.04 Å². The van der Waals surface area contributed by atoms with E-state index >= 15 is 0 Å². The standard InChI is InChI=1S/C19H22N2O5S/c1-4-13(2)20-18(22)16-7-5-6-8-17(16)21-27(24,25)15-11-9-14(10-12-15)19(23)26-3/h5-13,21H,4H2,1-3H3,(H,20,22)/t13-/m1/s1. The summed E-state index contributed by atoms with van der Waals surface area (Å²) in [6, 6.07) is 11.7. The van der Waals surface area contributed by atoms with E-state index in [1.165, 1.54) is 37.4 Å². The Kier molecular flexibility index (Phi) is 6.57. The molecular weight excluding hydrogens is 368 g/mol. The van der Waals surface area contributed by atoms with Gasteiger partial charge in [-0.05, 0) is 49.7 Å². The van der Waals surface area contributed by atoms with E-state index in [0.29, 0.717) is 0 Å². The fourth-order valence-corrected chi connectivity index (χ4v) is 3.35. The molecule has 0 aliphatic heterocycles. The first-order valence-corrected chi connectivity index (χ1v) is 9.88. The van der Waals surface area contributed by atoms with Crippen molar-refractivity contribution in [2.24, 2.45) is 0 Å². The second kappa shape index (κ2) is 8.68. The topological polar surface area (TPSA) is 102 Å². The lowest BCUT2D eigenvalue weighted by Crippen LogP contribution is -2.32. The van der Waals surface area contributed by atoms with Crippen molar-refractivity contribution >= 4 is 27.6 Å². The quantitative estimate of drug-likeness (QED) is 0.708. The molecule has 8 heteroatoms. The monoisotopic (exact) mass is 390 g/mol. The van der Waals surface area contributed by atoms with E-state index in [1.54, 1.807) is 18.2 Å². The lowest BCUT2D eigenvalue weighted by Gasteiger charge is -2.15. The fourth-order valence-electron chi connectivity index (χ4n) is 2.27. The molecule has 2 rings (SSSR count). The molecule has 27 heavy (non-hydrogen) atoms. The van der Waals surface area contributed by atoms with Gasteiger partial charge in [-0.3, -0.25) is 9.52 Å². The van der Waals surface area contributed by atoms with Crippen molar-refractivity contribution in [3.8, 4) is 0 Å². The highest BCUT2D eigenvalue weighted by molar-refractivity contribution is 7.92. The summed E-state index contributed by atoms with van der Waals surface area (Å²) in [5, 5.41) is 2.81. The molecule has 2 N–H and O–H groups in total. The Labute approximate surface area is 158 Å². The number of ether oxygens (including phenoxy) is 1. The third-order valence-corrected chi connectivity index (χ3v) is 5.37. The highest BCUT2D eigenvalue weighted by atomic mass is 32.2. The van der Waals surface area contributed by atoms with Crippen molar-refractivity contribution in [1.82, 2.24) is 5.32 Å². The molecule has 0 aliphatic carbocycles. The van der Waals surface area contributed by atoms with Crippen molar-refractivity contribution in [2.45, 2.75) is 31.2 Å². The number of benzene rings is 2. The Balaban J connectivity index is 2.28. The average molecular weight is 390 g/mol. The normalized spacial score (nSPS) is 12.1. The third-order valence-electron chi connectivity index (χ3n) is 3.99. The van der Waals surface area contributed by atoms with Gasteiger partial charge in [0.05, 0.1) is 28.8 Å². The average Bonchev–Trinajstić information content (AvgIpc) is 2.67. The zero-order valence-corrected chi connectivity index (χ0v) is 16.2. The van der Waals surface area contributed by atoms with Crippen LogP contribution < -0.4 is 10.0 Å². The molecule has 2 aromatic rings. The van der Waals surface area contributed by atoms with Crippen LogP contribution in [0.4, 0.5) is 5.69 Å². The molecule has 0 aromatic heterocycles. The van der Waals surface area contributed by atoms with Crippen LogP contribution >= 0.6 is 0 Å². The lowest BCUT2D eigenvalue weighted by atomic mass is 10.1. The highest BCUT2D eigenvalue weighted by Crippen LogP contribution is 2.21. The first-order valence-electron chi connectivity index (χ1n) is 8.39. The number of methoxy groups -OCH3 is 1. The van der Waals surface area contributed by atoms with Crippen LogP contribution in [0.5, 0.6) is 0 Å². The number of amides is 1. The molecule has 1 amide bonds. The summed E-state index contributed by atoms with van der Waals surface area (Å²) in [6.07, 6.45) is 0.756. The van der Waals surface area contributed by atoms with E-state index in [4.69, 9.17) is 0 Å². The second-order valence-electron chi connectivity index (χ2n) is 5.95. The zero-order valence-electron chi connectivity index (χ0n) is 15.4. The number of para-hydroxylation sites is 1. The van der Waals surface area contributed by atoms with E-state index < -0.39 is 16.0 Å². The Morgan fingerprint density at radius 2 is 1.70 bits per heavy atom. The van der Waals surface area contributed by atoms with Crippen molar-refractivity contribution < 1.29 is 22.7 Å². The van der Waals surface area contributed by atoms with Gasteiger partial charge in [0.2, 0.25) is 0 Å². The molecular formula is C19H22N2O5S. The highest BCUT2D eigenvalue weighted by Gasteiger charge is 2.19. The number of carbonyl (C=O) groups excluding carboxylic acids is 2. The summed E-state index contributed by atoms with van der Waals surface area (Å²) in [5.74, 6) is -0.914. The number of sulfonamides is 1. The van der Waals surface area contributed by atoms with Crippen LogP contribution in [0.25, 0.3) is 0 Å².